The molecule has 88 valence electrons. The van der Waals surface area contributed by atoms with Crippen molar-refractivity contribution < 1.29 is 9.84 Å². The van der Waals surface area contributed by atoms with Crippen LogP contribution in [-0.4, -0.2) is 42.5 Å². The molecule has 1 atom stereocenters. The third-order valence-electron chi connectivity index (χ3n) is 3.00. The molecule has 1 saturated heterocycles. The van der Waals surface area contributed by atoms with Gasteiger partial charge in [0.05, 0.1) is 19.3 Å². The van der Waals surface area contributed by atoms with Crippen LogP contribution in [0.2, 0.25) is 0 Å². The minimum absolute atomic E-state index is 0.0708. The van der Waals surface area contributed by atoms with Gasteiger partial charge < -0.3 is 14.7 Å². The van der Waals surface area contributed by atoms with Crippen LogP contribution in [0.25, 0.3) is 0 Å². The molecule has 2 heterocycles. The van der Waals surface area contributed by atoms with Gasteiger partial charge >= 0.3 is 0 Å². The number of aryl methyl sites for hydroxylation is 2. The van der Waals surface area contributed by atoms with E-state index in [1.54, 1.807) is 0 Å². The lowest BCUT2D eigenvalue weighted by Crippen LogP contribution is -2.44. The summed E-state index contributed by atoms with van der Waals surface area (Å²) in [5.74, 6) is 0.977. The highest BCUT2D eigenvalue weighted by atomic mass is 16.5. The van der Waals surface area contributed by atoms with E-state index in [-0.39, 0.29) is 12.7 Å². The lowest BCUT2D eigenvalue weighted by Gasteiger charge is -2.33. The maximum Gasteiger partial charge on any atom is 0.128 e. The predicted molar refractivity (Wildman–Crippen MR) is 62.7 cm³/mol. The molecular weight excluding hydrogens is 204 g/mol. The zero-order chi connectivity index (χ0) is 11.5. The van der Waals surface area contributed by atoms with Gasteiger partial charge in [0.25, 0.3) is 0 Å². The third-order valence-corrected chi connectivity index (χ3v) is 3.00. The van der Waals surface area contributed by atoms with Gasteiger partial charge in [0, 0.05) is 18.8 Å². The van der Waals surface area contributed by atoms with Crippen LogP contribution in [0.5, 0.6) is 0 Å². The SMILES string of the molecule is Cc1ccc(N2CCOC(CO)C2)nc1C. The molecule has 16 heavy (non-hydrogen) atoms. The van der Waals surface area contributed by atoms with E-state index >= 15 is 0 Å². The van der Waals surface area contributed by atoms with Crippen LogP contribution < -0.4 is 4.90 Å². The van der Waals surface area contributed by atoms with Crippen molar-refractivity contribution >= 4 is 5.82 Å². The Morgan fingerprint density at radius 3 is 3.00 bits per heavy atom. The smallest absolute Gasteiger partial charge is 0.128 e. The Morgan fingerprint density at radius 1 is 1.50 bits per heavy atom. The molecule has 1 aromatic heterocycles. The van der Waals surface area contributed by atoms with Gasteiger partial charge in [0.2, 0.25) is 0 Å². The second-order valence-electron chi connectivity index (χ2n) is 4.19. The highest BCUT2D eigenvalue weighted by Gasteiger charge is 2.20. The van der Waals surface area contributed by atoms with E-state index in [0.29, 0.717) is 13.2 Å². The first-order chi connectivity index (χ1) is 7.70. The summed E-state index contributed by atoms with van der Waals surface area (Å²) in [6, 6.07) is 4.11. The number of aromatic nitrogens is 1. The van der Waals surface area contributed by atoms with Gasteiger partial charge in [-0.1, -0.05) is 6.07 Å². The fourth-order valence-electron chi connectivity index (χ4n) is 1.83. The van der Waals surface area contributed by atoms with Crippen LogP contribution in [-0.2, 0) is 4.74 Å². The Kier molecular flexibility index (Phi) is 3.41. The molecule has 0 spiro atoms. The van der Waals surface area contributed by atoms with Gasteiger partial charge in [-0.15, -0.1) is 0 Å². The summed E-state index contributed by atoms with van der Waals surface area (Å²) in [6.45, 7) is 6.35. The molecule has 4 nitrogen and oxygen atoms in total. The lowest BCUT2D eigenvalue weighted by molar-refractivity contribution is 0.00335. The molecule has 4 heteroatoms. The first-order valence-corrected chi connectivity index (χ1v) is 5.62. The molecule has 0 aliphatic carbocycles. The molecule has 0 bridgehead atoms. The van der Waals surface area contributed by atoms with Crippen molar-refractivity contribution in [2.24, 2.45) is 0 Å². The standard InChI is InChI=1S/C12H18N2O2/c1-9-3-4-12(13-10(9)2)14-5-6-16-11(7-14)8-15/h3-4,11,15H,5-8H2,1-2H3. The molecule has 0 amide bonds. The van der Waals surface area contributed by atoms with E-state index in [1.165, 1.54) is 5.56 Å². The van der Waals surface area contributed by atoms with Gasteiger partial charge in [0.15, 0.2) is 0 Å². The average molecular weight is 222 g/mol. The Balaban J connectivity index is 2.13. The summed E-state index contributed by atoms with van der Waals surface area (Å²) in [5.41, 5.74) is 2.26. The van der Waals surface area contributed by atoms with Crippen LogP contribution in [0.1, 0.15) is 11.3 Å². The topological polar surface area (TPSA) is 45.6 Å². The summed E-state index contributed by atoms with van der Waals surface area (Å²) in [6.07, 6.45) is -0.0860. The Labute approximate surface area is 95.9 Å². The molecule has 1 aliphatic rings. The number of morpholine rings is 1. The number of hydrogen-bond acceptors (Lipinski definition) is 4. The fourth-order valence-corrected chi connectivity index (χ4v) is 1.83. The minimum Gasteiger partial charge on any atom is -0.394 e. The van der Waals surface area contributed by atoms with Gasteiger partial charge in [-0.05, 0) is 25.5 Å². The maximum atomic E-state index is 9.08. The molecule has 0 aromatic carbocycles. The van der Waals surface area contributed by atoms with E-state index in [1.807, 2.05) is 13.0 Å². The van der Waals surface area contributed by atoms with E-state index in [0.717, 1.165) is 18.1 Å². The molecule has 2 rings (SSSR count). The highest BCUT2D eigenvalue weighted by molar-refractivity contribution is 5.41. The molecule has 1 unspecified atom stereocenters. The molecule has 1 N–H and O–H groups in total. The first kappa shape index (κ1) is 11.4. The number of pyridine rings is 1. The first-order valence-electron chi connectivity index (χ1n) is 5.62. The van der Waals surface area contributed by atoms with Crippen LogP contribution in [0.3, 0.4) is 0 Å². The highest BCUT2D eigenvalue weighted by Crippen LogP contribution is 2.17. The van der Waals surface area contributed by atoms with Gasteiger partial charge in [-0.3, -0.25) is 0 Å². The van der Waals surface area contributed by atoms with Crippen LogP contribution in [0.4, 0.5) is 5.82 Å². The quantitative estimate of drug-likeness (QED) is 0.807. The van der Waals surface area contributed by atoms with Gasteiger partial charge in [-0.2, -0.15) is 0 Å². The van der Waals surface area contributed by atoms with Crippen molar-refractivity contribution in [2.45, 2.75) is 20.0 Å². The monoisotopic (exact) mass is 222 g/mol. The Hall–Kier alpha value is -1.13. The molecule has 0 saturated carbocycles. The predicted octanol–water partition coefficient (Wildman–Crippen LogP) is 0.896. The summed E-state index contributed by atoms with van der Waals surface area (Å²) in [7, 11) is 0. The second-order valence-corrected chi connectivity index (χ2v) is 4.19. The van der Waals surface area contributed by atoms with E-state index in [9.17, 15) is 0 Å². The van der Waals surface area contributed by atoms with Crippen molar-refractivity contribution in [3.05, 3.63) is 23.4 Å². The fraction of sp³-hybridized carbons (Fsp3) is 0.583. The molecule has 1 aliphatic heterocycles. The number of aliphatic hydroxyl groups excluding tert-OH is 1. The number of anilines is 1. The normalized spacial score (nSPS) is 21.2. The van der Waals surface area contributed by atoms with Crippen molar-refractivity contribution in [3.8, 4) is 0 Å². The number of aliphatic hydroxyl groups is 1. The summed E-state index contributed by atoms with van der Waals surface area (Å²) in [5, 5.41) is 9.08. The Bertz CT molecular complexity index is 368. The largest absolute Gasteiger partial charge is 0.394 e. The molecular formula is C12H18N2O2. The lowest BCUT2D eigenvalue weighted by atomic mass is 10.2. The van der Waals surface area contributed by atoms with Crippen LogP contribution in [0.15, 0.2) is 12.1 Å². The zero-order valence-corrected chi connectivity index (χ0v) is 9.81. The van der Waals surface area contributed by atoms with Gasteiger partial charge in [-0.25, -0.2) is 4.98 Å². The van der Waals surface area contributed by atoms with Crippen molar-refractivity contribution in [3.63, 3.8) is 0 Å². The second kappa shape index (κ2) is 4.80. The number of rotatable bonds is 2. The molecule has 0 radical (unpaired) electrons. The van der Waals surface area contributed by atoms with Crippen molar-refractivity contribution in [1.29, 1.82) is 0 Å². The average Bonchev–Trinajstić information content (AvgIpc) is 2.33. The maximum absolute atomic E-state index is 9.08. The zero-order valence-electron chi connectivity index (χ0n) is 9.81. The molecule has 1 fully saturated rings. The van der Waals surface area contributed by atoms with Crippen molar-refractivity contribution in [1.82, 2.24) is 4.98 Å². The number of hydrogen-bond donors (Lipinski definition) is 1. The van der Waals surface area contributed by atoms with Gasteiger partial charge in [0.1, 0.15) is 5.82 Å². The summed E-state index contributed by atoms with van der Waals surface area (Å²) in [4.78, 5) is 6.72. The van der Waals surface area contributed by atoms with E-state index in [4.69, 9.17) is 9.84 Å². The number of ether oxygens (including phenoxy) is 1. The molecule has 1 aromatic rings. The third kappa shape index (κ3) is 2.33. The number of nitrogens with zero attached hydrogens (tertiary/aromatic N) is 2. The summed E-state index contributed by atoms with van der Waals surface area (Å²) < 4.78 is 5.41. The van der Waals surface area contributed by atoms with E-state index in [2.05, 4.69) is 22.9 Å². The van der Waals surface area contributed by atoms with Crippen LogP contribution >= 0.6 is 0 Å². The Morgan fingerprint density at radius 2 is 2.31 bits per heavy atom. The van der Waals surface area contributed by atoms with Crippen LogP contribution in [0, 0.1) is 13.8 Å². The van der Waals surface area contributed by atoms with Crippen molar-refractivity contribution in [2.75, 3.05) is 31.2 Å². The summed E-state index contributed by atoms with van der Waals surface area (Å²) >= 11 is 0. The minimum atomic E-state index is -0.0860. The van der Waals surface area contributed by atoms with E-state index < -0.39 is 0 Å².